The van der Waals surface area contributed by atoms with E-state index in [4.69, 9.17) is 0 Å². The number of aryl methyl sites for hydroxylation is 1. The maximum Gasteiger partial charge on any atom is 0.132 e. The molecular formula is C15H19N3S. The average molecular weight is 273 g/mol. The summed E-state index contributed by atoms with van der Waals surface area (Å²) in [5, 5.41) is 5.67. The van der Waals surface area contributed by atoms with E-state index in [-0.39, 0.29) is 5.41 Å². The molecule has 19 heavy (non-hydrogen) atoms. The van der Waals surface area contributed by atoms with Gasteiger partial charge in [0.1, 0.15) is 12.1 Å². The van der Waals surface area contributed by atoms with Gasteiger partial charge in [0.15, 0.2) is 0 Å². The molecular weight excluding hydrogens is 254 g/mol. The largest absolute Gasteiger partial charge is 0.369 e. The molecule has 1 N–H and O–H groups in total. The van der Waals surface area contributed by atoms with Gasteiger partial charge in [0.05, 0.1) is 0 Å². The van der Waals surface area contributed by atoms with Crippen molar-refractivity contribution in [1.82, 2.24) is 9.97 Å². The van der Waals surface area contributed by atoms with E-state index >= 15 is 0 Å². The van der Waals surface area contributed by atoms with Crippen LogP contribution < -0.4 is 5.32 Å². The number of nitrogens with one attached hydrogen (secondary N) is 1. The van der Waals surface area contributed by atoms with Crippen LogP contribution in [0.2, 0.25) is 0 Å². The molecule has 0 amide bonds. The number of rotatable bonds is 4. The molecule has 3 nitrogen and oxygen atoms in total. The van der Waals surface area contributed by atoms with Gasteiger partial charge in [0.2, 0.25) is 0 Å². The van der Waals surface area contributed by atoms with Gasteiger partial charge in [-0.15, -0.1) is 11.3 Å². The Labute approximate surface area is 118 Å². The minimum atomic E-state index is 0.130. The Bertz CT molecular complexity index is 561. The lowest BCUT2D eigenvalue weighted by Crippen LogP contribution is -2.27. The third-order valence-electron chi connectivity index (χ3n) is 3.76. The summed E-state index contributed by atoms with van der Waals surface area (Å²) >= 11 is 1.82. The van der Waals surface area contributed by atoms with E-state index < -0.39 is 0 Å². The topological polar surface area (TPSA) is 37.8 Å². The van der Waals surface area contributed by atoms with E-state index in [0.29, 0.717) is 0 Å². The molecule has 0 radical (unpaired) electrons. The third-order valence-corrected chi connectivity index (χ3v) is 5.00. The predicted octanol–water partition coefficient (Wildman–Crippen LogP) is 3.42. The van der Waals surface area contributed by atoms with Crippen LogP contribution in [-0.4, -0.2) is 16.5 Å². The van der Waals surface area contributed by atoms with Crippen LogP contribution in [0.5, 0.6) is 0 Å². The second-order valence-electron chi connectivity index (χ2n) is 5.72. The van der Waals surface area contributed by atoms with Crippen LogP contribution in [0.1, 0.15) is 36.4 Å². The van der Waals surface area contributed by atoms with E-state index in [1.165, 1.54) is 22.6 Å². The van der Waals surface area contributed by atoms with E-state index in [2.05, 4.69) is 46.6 Å². The number of nitrogens with zero attached hydrogens (tertiary/aromatic N) is 2. The Hall–Kier alpha value is -1.42. The number of aromatic nitrogens is 2. The molecule has 4 heteroatoms. The van der Waals surface area contributed by atoms with Crippen molar-refractivity contribution < 1.29 is 0 Å². The molecule has 1 aliphatic carbocycles. The van der Waals surface area contributed by atoms with Gasteiger partial charge in [-0.05, 0) is 30.7 Å². The lowest BCUT2D eigenvalue weighted by molar-refractivity contribution is 0.568. The molecule has 0 fully saturated rings. The average Bonchev–Trinajstić information content (AvgIpc) is 3.07. The highest BCUT2D eigenvalue weighted by Crippen LogP contribution is 2.29. The van der Waals surface area contributed by atoms with Gasteiger partial charge in [0, 0.05) is 28.1 Å². The summed E-state index contributed by atoms with van der Waals surface area (Å²) in [4.78, 5) is 10.2. The zero-order valence-electron chi connectivity index (χ0n) is 11.4. The summed E-state index contributed by atoms with van der Waals surface area (Å²) in [7, 11) is 0. The first-order valence-electron chi connectivity index (χ1n) is 6.77. The Morgan fingerprint density at radius 3 is 3.00 bits per heavy atom. The van der Waals surface area contributed by atoms with Crippen molar-refractivity contribution in [3.05, 3.63) is 40.0 Å². The molecule has 0 aliphatic heterocycles. The first-order valence-corrected chi connectivity index (χ1v) is 7.65. The number of hydrogen-bond acceptors (Lipinski definition) is 4. The standard InChI is InChI=1S/C15H19N3S/c1-15(2,13-7-4-8-19-13)9-16-14-11-5-3-6-12(11)17-10-18-14/h4,7-8,10H,3,5-6,9H2,1-2H3,(H,16,17,18). The van der Waals surface area contributed by atoms with E-state index in [1.807, 2.05) is 11.3 Å². The molecule has 0 saturated carbocycles. The van der Waals surface area contributed by atoms with Crippen LogP contribution in [0.3, 0.4) is 0 Å². The van der Waals surface area contributed by atoms with Crippen LogP contribution >= 0.6 is 11.3 Å². The van der Waals surface area contributed by atoms with E-state index in [9.17, 15) is 0 Å². The summed E-state index contributed by atoms with van der Waals surface area (Å²) in [6.07, 6.45) is 5.10. The van der Waals surface area contributed by atoms with Gasteiger partial charge in [0.25, 0.3) is 0 Å². The van der Waals surface area contributed by atoms with Crippen molar-refractivity contribution in [2.75, 3.05) is 11.9 Å². The zero-order chi connectivity index (χ0) is 13.3. The molecule has 2 aromatic heterocycles. The van der Waals surface area contributed by atoms with Crippen molar-refractivity contribution in [3.8, 4) is 0 Å². The molecule has 3 rings (SSSR count). The highest BCUT2D eigenvalue weighted by molar-refractivity contribution is 7.10. The molecule has 2 heterocycles. The molecule has 100 valence electrons. The molecule has 1 aliphatic rings. The summed E-state index contributed by atoms with van der Waals surface area (Å²) in [6.45, 7) is 5.44. The van der Waals surface area contributed by atoms with Crippen LogP contribution in [0.15, 0.2) is 23.8 Å². The van der Waals surface area contributed by atoms with Crippen LogP contribution in [0, 0.1) is 0 Å². The van der Waals surface area contributed by atoms with Crippen molar-refractivity contribution >= 4 is 17.2 Å². The normalized spacial score (nSPS) is 14.4. The van der Waals surface area contributed by atoms with E-state index in [1.54, 1.807) is 6.33 Å². The highest BCUT2D eigenvalue weighted by atomic mass is 32.1. The number of hydrogen-bond donors (Lipinski definition) is 1. The molecule has 0 saturated heterocycles. The number of thiophene rings is 1. The van der Waals surface area contributed by atoms with E-state index in [0.717, 1.165) is 25.2 Å². The summed E-state index contributed by atoms with van der Waals surface area (Å²) in [6, 6.07) is 4.32. The SMILES string of the molecule is CC(C)(CNc1ncnc2c1CCC2)c1cccs1. The van der Waals surface area contributed by atoms with Crippen LogP contribution in [0.4, 0.5) is 5.82 Å². The lowest BCUT2D eigenvalue weighted by Gasteiger charge is -2.24. The Balaban J connectivity index is 1.75. The number of fused-ring (bicyclic) bond motifs is 1. The molecule has 2 aromatic rings. The molecule has 0 aromatic carbocycles. The van der Waals surface area contributed by atoms with Gasteiger partial charge in [-0.2, -0.15) is 0 Å². The third kappa shape index (κ3) is 2.50. The smallest absolute Gasteiger partial charge is 0.132 e. The lowest BCUT2D eigenvalue weighted by atomic mass is 9.91. The minimum Gasteiger partial charge on any atom is -0.369 e. The first kappa shape index (κ1) is 12.6. The molecule has 0 spiro atoms. The summed E-state index contributed by atoms with van der Waals surface area (Å²) < 4.78 is 0. The maximum atomic E-state index is 4.42. The fourth-order valence-corrected chi connectivity index (χ4v) is 3.42. The maximum absolute atomic E-state index is 4.42. The van der Waals surface area contributed by atoms with Gasteiger partial charge >= 0.3 is 0 Å². The Morgan fingerprint density at radius 2 is 2.21 bits per heavy atom. The molecule has 0 atom stereocenters. The van der Waals surface area contributed by atoms with Crippen LogP contribution in [0.25, 0.3) is 0 Å². The molecule has 0 bridgehead atoms. The highest BCUT2D eigenvalue weighted by Gasteiger charge is 2.23. The monoisotopic (exact) mass is 273 g/mol. The van der Waals surface area contributed by atoms with Crippen molar-refractivity contribution in [2.45, 2.75) is 38.5 Å². The second kappa shape index (κ2) is 4.93. The second-order valence-corrected chi connectivity index (χ2v) is 6.66. The van der Waals surface area contributed by atoms with Crippen LogP contribution in [-0.2, 0) is 18.3 Å². The summed E-state index contributed by atoms with van der Waals surface area (Å²) in [5.74, 6) is 1.03. The van der Waals surface area contributed by atoms with Gasteiger partial charge in [-0.3, -0.25) is 0 Å². The minimum absolute atomic E-state index is 0.130. The van der Waals surface area contributed by atoms with Crippen molar-refractivity contribution in [1.29, 1.82) is 0 Å². The predicted molar refractivity (Wildman–Crippen MR) is 79.9 cm³/mol. The van der Waals surface area contributed by atoms with Crippen molar-refractivity contribution in [3.63, 3.8) is 0 Å². The number of anilines is 1. The summed E-state index contributed by atoms with van der Waals surface area (Å²) in [5.41, 5.74) is 2.68. The van der Waals surface area contributed by atoms with Gasteiger partial charge in [-0.25, -0.2) is 9.97 Å². The molecule has 0 unspecified atom stereocenters. The Morgan fingerprint density at radius 1 is 1.32 bits per heavy atom. The first-order chi connectivity index (χ1) is 9.17. The van der Waals surface area contributed by atoms with Gasteiger partial charge in [-0.1, -0.05) is 19.9 Å². The fourth-order valence-electron chi connectivity index (χ4n) is 2.57. The van der Waals surface area contributed by atoms with Crippen molar-refractivity contribution in [2.24, 2.45) is 0 Å². The quantitative estimate of drug-likeness (QED) is 0.927. The Kier molecular flexibility index (Phi) is 3.27. The zero-order valence-corrected chi connectivity index (χ0v) is 12.3. The van der Waals surface area contributed by atoms with Gasteiger partial charge < -0.3 is 5.32 Å². The fraction of sp³-hybridized carbons (Fsp3) is 0.467.